The summed E-state index contributed by atoms with van der Waals surface area (Å²) in [4.78, 5) is 20.1. The number of carboxylic acids is 2. The number of rotatable bonds is 3. The molecule has 0 spiro atoms. The molecule has 0 aliphatic heterocycles. The van der Waals surface area contributed by atoms with Gasteiger partial charge in [0.2, 0.25) is 0 Å². The number of hydrogen-bond donors (Lipinski definition) is 4. The van der Waals surface area contributed by atoms with Gasteiger partial charge in [0, 0.05) is 0 Å². The number of carboxylic acid groups (broad SMARTS) is 2. The van der Waals surface area contributed by atoms with Gasteiger partial charge in [0.25, 0.3) is 0 Å². The van der Waals surface area contributed by atoms with E-state index in [0.717, 1.165) is 0 Å². The van der Waals surface area contributed by atoms with Crippen LogP contribution in [0.2, 0.25) is 0 Å². The fraction of sp³-hybridized carbons (Fsp3) is 0.500. The molecule has 0 unspecified atom stereocenters. The van der Waals surface area contributed by atoms with Crippen molar-refractivity contribution in [2.45, 2.75) is 10.5 Å². The minimum absolute atomic E-state index is 0. The standard InChI is InChI=1S/C4H6O4S2.Na/c5-3(6)1(9)2(10)4(7)8;/h1-2,9-10H,(H,5,6)(H,7,8);/q;+1/t1-,2+;. The van der Waals surface area contributed by atoms with Crippen molar-refractivity contribution < 1.29 is 49.4 Å². The van der Waals surface area contributed by atoms with Crippen molar-refractivity contribution in [3.63, 3.8) is 0 Å². The largest absolute Gasteiger partial charge is 1.00 e. The van der Waals surface area contributed by atoms with E-state index < -0.39 is 22.4 Å². The average Bonchev–Trinajstić information content (AvgIpc) is 1.84. The van der Waals surface area contributed by atoms with Crippen LogP contribution in [0.1, 0.15) is 0 Å². The van der Waals surface area contributed by atoms with E-state index in [0.29, 0.717) is 0 Å². The van der Waals surface area contributed by atoms with Crippen LogP contribution in [0.5, 0.6) is 0 Å². The Labute approximate surface area is 96.5 Å². The Morgan fingerprint density at radius 2 is 1.18 bits per heavy atom. The van der Waals surface area contributed by atoms with Crippen molar-refractivity contribution in [1.82, 2.24) is 0 Å². The van der Waals surface area contributed by atoms with Crippen molar-refractivity contribution in [2.24, 2.45) is 0 Å². The van der Waals surface area contributed by atoms with Gasteiger partial charge in [0.15, 0.2) is 0 Å². The van der Waals surface area contributed by atoms with E-state index in [1.54, 1.807) is 0 Å². The zero-order valence-corrected chi connectivity index (χ0v) is 9.55. The molecule has 2 atom stereocenters. The molecule has 0 aromatic rings. The van der Waals surface area contributed by atoms with Gasteiger partial charge in [0.05, 0.1) is 0 Å². The summed E-state index contributed by atoms with van der Waals surface area (Å²) in [5.74, 6) is -2.57. The maximum atomic E-state index is 10.1. The van der Waals surface area contributed by atoms with E-state index in [1.165, 1.54) is 0 Å². The smallest absolute Gasteiger partial charge is 0.480 e. The van der Waals surface area contributed by atoms with Gasteiger partial charge >= 0.3 is 41.5 Å². The quantitative estimate of drug-likeness (QED) is 0.288. The molecule has 0 fully saturated rings. The third-order valence-corrected chi connectivity index (χ3v) is 2.08. The third kappa shape index (κ3) is 4.97. The van der Waals surface area contributed by atoms with Gasteiger partial charge in [-0.05, 0) is 0 Å². The van der Waals surface area contributed by atoms with Crippen molar-refractivity contribution in [2.75, 3.05) is 0 Å². The molecule has 0 aromatic carbocycles. The van der Waals surface area contributed by atoms with Crippen molar-refractivity contribution >= 4 is 37.2 Å². The number of carbonyl (C=O) groups is 2. The molecule has 0 heterocycles. The molecule has 0 rings (SSSR count). The van der Waals surface area contributed by atoms with Crippen LogP contribution in [0, 0.1) is 0 Å². The summed E-state index contributed by atoms with van der Waals surface area (Å²) < 4.78 is 0. The molecule has 0 saturated carbocycles. The van der Waals surface area contributed by atoms with Gasteiger partial charge in [0.1, 0.15) is 10.5 Å². The average molecular weight is 205 g/mol. The van der Waals surface area contributed by atoms with Crippen LogP contribution < -0.4 is 29.6 Å². The van der Waals surface area contributed by atoms with Crippen molar-refractivity contribution in [1.29, 1.82) is 0 Å². The Hall–Kier alpha value is 0.640. The minimum Gasteiger partial charge on any atom is -0.480 e. The van der Waals surface area contributed by atoms with Crippen LogP contribution in [0.15, 0.2) is 0 Å². The Bertz CT molecular complexity index is 144. The molecule has 58 valence electrons. The van der Waals surface area contributed by atoms with E-state index in [2.05, 4.69) is 25.3 Å². The van der Waals surface area contributed by atoms with E-state index in [4.69, 9.17) is 10.2 Å². The van der Waals surface area contributed by atoms with Crippen LogP contribution in [0.3, 0.4) is 0 Å². The first-order chi connectivity index (χ1) is 4.46. The van der Waals surface area contributed by atoms with Gasteiger partial charge in [-0.25, -0.2) is 0 Å². The zero-order valence-electron chi connectivity index (χ0n) is 5.76. The molecule has 2 N–H and O–H groups in total. The molecule has 0 saturated heterocycles. The molecule has 0 aliphatic carbocycles. The second kappa shape index (κ2) is 6.19. The van der Waals surface area contributed by atoms with Crippen molar-refractivity contribution in [3.05, 3.63) is 0 Å². The Morgan fingerprint density at radius 3 is 1.27 bits per heavy atom. The molecular formula is C4H6NaO4S2+. The molecule has 0 aliphatic rings. The summed E-state index contributed by atoms with van der Waals surface area (Å²) in [5.41, 5.74) is 0. The first-order valence-electron chi connectivity index (χ1n) is 2.28. The van der Waals surface area contributed by atoms with Gasteiger partial charge in [-0.1, -0.05) is 0 Å². The van der Waals surface area contributed by atoms with Gasteiger partial charge in [-0.3, -0.25) is 9.59 Å². The fourth-order valence-corrected chi connectivity index (χ4v) is 0.525. The number of thiol groups is 2. The van der Waals surface area contributed by atoms with Gasteiger partial charge in [-0.15, -0.1) is 0 Å². The molecule has 0 aromatic heterocycles. The molecule has 0 radical (unpaired) electrons. The fourth-order valence-electron chi connectivity index (χ4n) is 0.270. The van der Waals surface area contributed by atoms with E-state index in [1.807, 2.05) is 0 Å². The second-order valence-corrected chi connectivity index (χ2v) is 2.68. The third-order valence-electron chi connectivity index (χ3n) is 0.805. The van der Waals surface area contributed by atoms with E-state index >= 15 is 0 Å². The van der Waals surface area contributed by atoms with Crippen molar-refractivity contribution in [3.8, 4) is 0 Å². The SMILES string of the molecule is O=C(O)[C@@H](S)[C@@H](S)C(=O)O.[Na+]. The summed E-state index contributed by atoms with van der Waals surface area (Å²) in [6.45, 7) is 0. The maximum Gasteiger partial charge on any atom is 1.00 e. The van der Waals surface area contributed by atoms with Gasteiger partial charge < -0.3 is 10.2 Å². The summed E-state index contributed by atoms with van der Waals surface area (Å²) in [5, 5.41) is 13.9. The van der Waals surface area contributed by atoms with Crippen LogP contribution in [0.4, 0.5) is 0 Å². The number of hydrogen-bond acceptors (Lipinski definition) is 4. The zero-order chi connectivity index (χ0) is 8.31. The first kappa shape index (κ1) is 14.2. The molecular weight excluding hydrogens is 199 g/mol. The number of aliphatic carboxylic acids is 2. The predicted octanol–water partition coefficient (Wildman–Crippen LogP) is -3.24. The van der Waals surface area contributed by atoms with Crippen LogP contribution in [-0.2, 0) is 9.59 Å². The molecule has 4 nitrogen and oxygen atoms in total. The topological polar surface area (TPSA) is 74.6 Å². The summed E-state index contributed by atoms with van der Waals surface area (Å²) in [6, 6.07) is 0. The Kier molecular flexibility index (Phi) is 7.98. The Morgan fingerprint density at radius 1 is 1.00 bits per heavy atom. The minimum atomic E-state index is -1.29. The molecule has 7 heteroatoms. The summed E-state index contributed by atoms with van der Waals surface area (Å²) in [7, 11) is 0. The summed E-state index contributed by atoms with van der Waals surface area (Å²) >= 11 is 7.00. The summed E-state index contributed by atoms with van der Waals surface area (Å²) in [6.07, 6.45) is 0. The maximum absolute atomic E-state index is 10.1. The van der Waals surface area contributed by atoms with Crippen LogP contribution in [-0.4, -0.2) is 32.7 Å². The van der Waals surface area contributed by atoms with E-state index in [9.17, 15) is 9.59 Å². The van der Waals surface area contributed by atoms with Crippen LogP contribution >= 0.6 is 25.3 Å². The Balaban J connectivity index is 0. The molecule has 0 bridgehead atoms. The van der Waals surface area contributed by atoms with Gasteiger partial charge in [-0.2, -0.15) is 25.3 Å². The second-order valence-electron chi connectivity index (χ2n) is 1.57. The first-order valence-corrected chi connectivity index (χ1v) is 3.32. The van der Waals surface area contributed by atoms with E-state index in [-0.39, 0.29) is 29.6 Å². The predicted molar refractivity (Wildman–Crippen MR) is 40.8 cm³/mol. The normalized spacial score (nSPS) is 14.4. The molecule has 11 heavy (non-hydrogen) atoms. The monoisotopic (exact) mass is 205 g/mol. The molecule has 0 amide bonds. The van der Waals surface area contributed by atoms with Crippen LogP contribution in [0.25, 0.3) is 0 Å².